The van der Waals surface area contributed by atoms with Crippen molar-refractivity contribution in [2.24, 2.45) is 0 Å². The van der Waals surface area contributed by atoms with Crippen LogP contribution in [0.5, 0.6) is 0 Å². The molecule has 3 aromatic rings. The SMILES string of the molecule is CN1CCN(Cc2ccc(CNC(=O)c3c[nH]c(=S)n3-c3ccccc3)cc2)CC1. The Balaban J connectivity index is 1.36. The first-order valence-electron chi connectivity index (χ1n) is 10.2. The number of rotatable bonds is 6. The second-order valence-electron chi connectivity index (χ2n) is 7.73. The van der Waals surface area contributed by atoms with Crippen LogP contribution in [0.25, 0.3) is 5.69 Å². The summed E-state index contributed by atoms with van der Waals surface area (Å²) in [4.78, 5) is 20.6. The zero-order valence-corrected chi connectivity index (χ0v) is 18.0. The van der Waals surface area contributed by atoms with Crippen molar-refractivity contribution in [1.29, 1.82) is 0 Å². The average Bonchev–Trinajstić information content (AvgIpc) is 3.17. The number of carbonyl (C=O) groups is 1. The van der Waals surface area contributed by atoms with Crippen molar-refractivity contribution in [2.45, 2.75) is 13.1 Å². The van der Waals surface area contributed by atoms with Crippen molar-refractivity contribution in [2.75, 3.05) is 33.2 Å². The van der Waals surface area contributed by atoms with Gasteiger partial charge in [0.2, 0.25) is 0 Å². The molecule has 1 fully saturated rings. The topological polar surface area (TPSA) is 56.3 Å². The standard InChI is InChI=1S/C23H27N5OS/c1-26-11-13-27(14-12-26)17-19-9-7-18(8-10-19)15-24-22(29)21-16-25-23(30)28(21)20-5-3-2-4-6-20/h2-10,16H,11-15,17H2,1H3,(H,24,29)(H,25,30). The lowest BCUT2D eigenvalue weighted by Gasteiger charge is -2.32. The van der Waals surface area contributed by atoms with E-state index >= 15 is 0 Å². The first-order valence-corrected chi connectivity index (χ1v) is 10.6. The van der Waals surface area contributed by atoms with E-state index in [1.165, 1.54) is 5.56 Å². The zero-order valence-electron chi connectivity index (χ0n) is 17.2. The van der Waals surface area contributed by atoms with Gasteiger partial charge < -0.3 is 15.2 Å². The van der Waals surface area contributed by atoms with Crippen molar-refractivity contribution in [3.05, 3.63) is 82.4 Å². The molecule has 1 saturated heterocycles. The smallest absolute Gasteiger partial charge is 0.270 e. The Morgan fingerprint density at radius 2 is 1.67 bits per heavy atom. The largest absolute Gasteiger partial charge is 0.347 e. The second kappa shape index (κ2) is 9.38. The number of hydrogen-bond donors (Lipinski definition) is 2. The van der Waals surface area contributed by atoms with Gasteiger partial charge in [-0.05, 0) is 42.5 Å². The van der Waals surface area contributed by atoms with E-state index in [0.29, 0.717) is 17.0 Å². The maximum atomic E-state index is 12.8. The van der Waals surface area contributed by atoms with E-state index < -0.39 is 0 Å². The maximum Gasteiger partial charge on any atom is 0.270 e. The fraction of sp³-hybridized carbons (Fsp3) is 0.304. The summed E-state index contributed by atoms with van der Waals surface area (Å²) < 4.78 is 2.25. The van der Waals surface area contributed by atoms with E-state index in [0.717, 1.165) is 44.0 Å². The monoisotopic (exact) mass is 421 g/mol. The third-order valence-corrected chi connectivity index (χ3v) is 5.80. The molecule has 0 bridgehead atoms. The van der Waals surface area contributed by atoms with E-state index in [9.17, 15) is 4.79 Å². The predicted octanol–water partition coefficient (Wildman–Crippen LogP) is 3.21. The Kier molecular flexibility index (Phi) is 6.42. The molecule has 4 rings (SSSR count). The number of nitrogens with zero attached hydrogens (tertiary/aromatic N) is 3. The van der Waals surface area contributed by atoms with Crippen LogP contribution in [0.2, 0.25) is 0 Å². The van der Waals surface area contributed by atoms with Gasteiger partial charge in [-0.3, -0.25) is 14.3 Å². The van der Waals surface area contributed by atoms with Gasteiger partial charge in [-0.2, -0.15) is 0 Å². The first-order chi connectivity index (χ1) is 14.6. The number of nitrogens with one attached hydrogen (secondary N) is 2. The number of likely N-dealkylation sites (N-methyl/N-ethyl adjacent to an activating group) is 1. The van der Waals surface area contributed by atoms with Crippen LogP contribution in [0, 0.1) is 4.77 Å². The molecule has 1 aliphatic rings. The number of benzene rings is 2. The van der Waals surface area contributed by atoms with Crippen LogP contribution in [-0.4, -0.2) is 58.5 Å². The molecule has 2 N–H and O–H groups in total. The third-order valence-electron chi connectivity index (χ3n) is 5.50. The molecule has 1 amide bonds. The normalized spacial score (nSPS) is 15.2. The summed E-state index contributed by atoms with van der Waals surface area (Å²) in [6.45, 7) is 5.91. The minimum atomic E-state index is -0.160. The molecule has 0 aliphatic carbocycles. The number of H-pyrrole nitrogens is 1. The molecular formula is C23H27N5OS. The van der Waals surface area contributed by atoms with Crippen LogP contribution in [0.3, 0.4) is 0 Å². The lowest BCUT2D eigenvalue weighted by atomic mass is 10.1. The molecule has 1 aromatic heterocycles. The van der Waals surface area contributed by atoms with Crippen LogP contribution in [0.4, 0.5) is 0 Å². The number of imidazole rings is 1. The Labute approximate surface area is 182 Å². The summed E-state index contributed by atoms with van der Waals surface area (Å²) in [5, 5.41) is 3.00. The van der Waals surface area contributed by atoms with Crippen molar-refractivity contribution >= 4 is 18.1 Å². The zero-order chi connectivity index (χ0) is 20.9. The third kappa shape index (κ3) is 4.87. The van der Waals surface area contributed by atoms with Crippen molar-refractivity contribution in [3.63, 3.8) is 0 Å². The minimum Gasteiger partial charge on any atom is -0.347 e. The van der Waals surface area contributed by atoms with Crippen LogP contribution < -0.4 is 5.32 Å². The Morgan fingerprint density at radius 3 is 2.37 bits per heavy atom. The molecule has 7 heteroatoms. The Morgan fingerprint density at radius 1 is 1.00 bits per heavy atom. The number of aromatic amines is 1. The lowest BCUT2D eigenvalue weighted by Crippen LogP contribution is -2.43. The van der Waals surface area contributed by atoms with Crippen LogP contribution in [0.15, 0.2) is 60.8 Å². The minimum absolute atomic E-state index is 0.160. The molecule has 0 unspecified atom stereocenters. The summed E-state index contributed by atoms with van der Waals surface area (Å²) in [5.74, 6) is -0.160. The highest BCUT2D eigenvalue weighted by molar-refractivity contribution is 7.71. The second-order valence-corrected chi connectivity index (χ2v) is 8.12. The predicted molar refractivity (Wildman–Crippen MR) is 121 cm³/mol. The molecule has 2 heterocycles. The van der Waals surface area contributed by atoms with E-state index in [-0.39, 0.29) is 5.91 Å². The van der Waals surface area contributed by atoms with Gasteiger partial charge in [0.1, 0.15) is 5.69 Å². The lowest BCUT2D eigenvalue weighted by molar-refractivity contribution is 0.0944. The number of carbonyl (C=O) groups excluding carboxylic acids is 1. The van der Waals surface area contributed by atoms with Gasteiger partial charge in [0, 0.05) is 51.2 Å². The first kappa shape index (κ1) is 20.5. The van der Waals surface area contributed by atoms with Crippen molar-refractivity contribution in [3.8, 4) is 5.69 Å². The van der Waals surface area contributed by atoms with Crippen LogP contribution >= 0.6 is 12.2 Å². The van der Waals surface area contributed by atoms with Crippen LogP contribution in [-0.2, 0) is 13.1 Å². The van der Waals surface area contributed by atoms with Crippen molar-refractivity contribution < 1.29 is 4.79 Å². The number of piperazine rings is 1. The van der Waals surface area contributed by atoms with Gasteiger partial charge in [0.25, 0.3) is 5.91 Å². The van der Waals surface area contributed by atoms with E-state index in [4.69, 9.17) is 12.2 Å². The van der Waals surface area contributed by atoms with Crippen LogP contribution in [0.1, 0.15) is 21.6 Å². The Hall–Kier alpha value is -2.74. The fourth-order valence-electron chi connectivity index (χ4n) is 3.67. The summed E-state index contributed by atoms with van der Waals surface area (Å²) in [6.07, 6.45) is 1.66. The Bertz CT molecular complexity index is 1030. The summed E-state index contributed by atoms with van der Waals surface area (Å²) >= 11 is 5.36. The van der Waals surface area contributed by atoms with Crippen molar-refractivity contribution in [1.82, 2.24) is 24.7 Å². The van der Waals surface area contributed by atoms with Gasteiger partial charge in [-0.1, -0.05) is 42.5 Å². The quantitative estimate of drug-likeness (QED) is 0.600. The van der Waals surface area contributed by atoms with E-state index in [1.54, 1.807) is 10.8 Å². The molecule has 156 valence electrons. The van der Waals surface area contributed by atoms with Gasteiger partial charge in [0.15, 0.2) is 4.77 Å². The van der Waals surface area contributed by atoms with Gasteiger partial charge in [-0.25, -0.2) is 0 Å². The fourth-order valence-corrected chi connectivity index (χ4v) is 3.93. The number of para-hydroxylation sites is 1. The highest BCUT2D eigenvalue weighted by Gasteiger charge is 2.15. The van der Waals surface area contributed by atoms with Gasteiger partial charge in [0.05, 0.1) is 0 Å². The number of amides is 1. The molecule has 0 radical (unpaired) electrons. The molecule has 2 aromatic carbocycles. The summed E-state index contributed by atoms with van der Waals surface area (Å²) in [5.41, 5.74) is 3.74. The summed E-state index contributed by atoms with van der Waals surface area (Å²) in [6, 6.07) is 18.1. The number of hydrogen-bond acceptors (Lipinski definition) is 4. The number of aromatic nitrogens is 2. The molecule has 30 heavy (non-hydrogen) atoms. The maximum absolute atomic E-state index is 12.8. The average molecular weight is 422 g/mol. The molecule has 6 nitrogen and oxygen atoms in total. The molecule has 1 aliphatic heterocycles. The molecule has 0 spiro atoms. The van der Waals surface area contributed by atoms with E-state index in [2.05, 4.69) is 51.4 Å². The van der Waals surface area contributed by atoms with E-state index in [1.807, 2.05) is 30.3 Å². The molecular weight excluding hydrogens is 394 g/mol. The highest BCUT2D eigenvalue weighted by atomic mass is 32.1. The molecule has 0 atom stereocenters. The van der Waals surface area contributed by atoms with Gasteiger partial charge in [-0.15, -0.1) is 0 Å². The highest BCUT2D eigenvalue weighted by Crippen LogP contribution is 2.13. The molecule has 0 saturated carbocycles. The van der Waals surface area contributed by atoms with Gasteiger partial charge >= 0.3 is 0 Å². The summed E-state index contributed by atoms with van der Waals surface area (Å²) in [7, 11) is 2.17.